The summed E-state index contributed by atoms with van der Waals surface area (Å²) in [6, 6.07) is 6.87. The summed E-state index contributed by atoms with van der Waals surface area (Å²) < 4.78 is 5.15. The van der Waals surface area contributed by atoms with Gasteiger partial charge in [-0.15, -0.1) is 0 Å². The largest absolute Gasteiger partial charge is 0.508 e. The Morgan fingerprint density at radius 3 is 2.50 bits per heavy atom. The van der Waals surface area contributed by atoms with Crippen LogP contribution in [0.2, 0.25) is 0 Å². The van der Waals surface area contributed by atoms with Gasteiger partial charge in [-0.1, -0.05) is 32.0 Å². The molecule has 0 heterocycles. The number of hydrogen-bond acceptors (Lipinski definition) is 3. The molecule has 0 bridgehead atoms. The Labute approximate surface area is 96.1 Å². The Morgan fingerprint density at radius 2 is 1.94 bits per heavy atom. The summed E-state index contributed by atoms with van der Waals surface area (Å²) >= 11 is 0. The minimum atomic E-state index is -0.187. The van der Waals surface area contributed by atoms with Crippen molar-refractivity contribution in [1.29, 1.82) is 0 Å². The molecule has 1 aromatic rings. The van der Waals surface area contributed by atoms with Crippen LogP contribution >= 0.6 is 0 Å². The number of esters is 1. The van der Waals surface area contributed by atoms with Crippen LogP contribution in [0.5, 0.6) is 5.75 Å². The average Bonchev–Trinajstić information content (AvgIpc) is 2.29. The van der Waals surface area contributed by atoms with Crippen LogP contribution in [-0.4, -0.2) is 11.1 Å². The minimum absolute atomic E-state index is 0.0362. The summed E-state index contributed by atoms with van der Waals surface area (Å²) in [6.45, 7) is 4.08. The Hall–Kier alpha value is -1.51. The summed E-state index contributed by atoms with van der Waals surface area (Å²) in [7, 11) is 0. The molecule has 16 heavy (non-hydrogen) atoms. The third-order valence-corrected chi connectivity index (χ3v) is 2.68. The third kappa shape index (κ3) is 3.26. The van der Waals surface area contributed by atoms with Gasteiger partial charge in [0.2, 0.25) is 0 Å². The van der Waals surface area contributed by atoms with E-state index in [1.807, 2.05) is 13.8 Å². The van der Waals surface area contributed by atoms with Gasteiger partial charge in [-0.05, 0) is 18.9 Å². The lowest BCUT2D eigenvalue weighted by molar-refractivity contribution is -0.150. The van der Waals surface area contributed by atoms with E-state index in [0.717, 1.165) is 12.8 Å². The number of rotatable bonds is 5. The van der Waals surface area contributed by atoms with Crippen molar-refractivity contribution in [1.82, 2.24) is 0 Å². The first-order valence-corrected chi connectivity index (χ1v) is 5.62. The fraction of sp³-hybridized carbons (Fsp3) is 0.462. The molecule has 1 aromatic carbocycles. The lowest BCUT2D eigenvalue weighted by atomic mass is 10.0. The molecule has 1 N–H and O–H groups in total. The van der Waals surface area contributed by atoms with Gasteiger partial charge in [0.05, 0.1) is 5.92 Å². The monoisotopic (exact) mass is 222 g/mol. The van der Waals surface area contributed by atoms with E-state index in [2.05, 4.69) is 0 Å². The first kappa shape index (κ1) is 12.6. The summed E-state index contributed by atoms with van der Waals surface area (Å²) in [5.74, 6) is -0.0565. The zero-order valence-electron chi connectivity index (χ0n) is 9.77. The number of carbonyl (C=O) groups excluding carboxylic acids is 1. The van der Waals surface area contributed by atoms with E-state index in [1.165, 1.54) is 0 Å². The molecule has 0 aliphatic rings. The zero-order valence-corrected chi connectivity index (χ0v) is 9.77. The molecule has 0 aliphatic carbocycles. The molecule has 0 saturated heterocycles. The van der Waals surface area contributed by atoms with Crippen molar-refractivity contribution in [3.63, 3.8) is 0 Å². The first-order valence-electron chi connectivity index (χ1n) is 5.62. The van der Waals surface area contributed by atoms with Crippen LogP contribution in [0, 0.1) is 5.92 Å². The third-order valence-electron chi connectivity index (χ3n) is 2.68. The smallest absolute Gasteiger partial charge is 0.309 e. The Kier molecular flexibility index (Phi) is 4.83. The van der Waals surface area contributed by atoms with E-state index in [4.69, 9.17) is 4.74 Å². The molecule has 88 valence electrons. The molecule has 0 aromatic heterocycles. The predicted octanol–water partition coefficient (Wildman–Crippen LogP) is 2.87. The van der Waals surface area contributed by atoms with Gasteiger partial charge in [0.15, 0.2) is 0 Å². The number of para-hydroxylation sites is 1. The highest BCUT2D eigenvalue weighted by atomic mass is 16.5. The standard InChI is InChI=1S/C13H18O3/c1-3-10(4-2)13(15)16-9-11-7-5-6-8-12(11)14/h5-8,10,14H,3-4,9H2,1-2H3. The van der Waals surface area contributed by atoms with E-state index in [-0.39, 0.29) is 24.2 Å². The van der Waals surface area contributed by atoms with E-state index in [9.17, 15) is 9.90 Å². The van der Waals surface area contributed by atoms with Crippen molar-refractivity contribution in [3.05, 3.63) is 29.8 Å². The summed E-state index contributed by atoms with van der Waals surface area (Å²) in [4.78, 5) is 11.6. The van der Waals surface area contributed by atoms with E-state index in [1.54, 1.807) is 24.3 Å². The maximum atomic E-state index is 11.6. The number of phenols is 1. The van der Waals surface area contributed by atoms with Crippen LogP contribution in [0.3, 0.4) is 0 Å². The van der Waals surface area contributed by atoms with E-state index >= 15 is 0 Å². The van der Waals surface area contributed by atoms with Crippen molar-refractivity contribution in [3.8, 4) is 5.75 Å². The molecular formula is C13H18O3. The number of aromatic hydroxyl groups is 1. The molecule has 0 aliphatic heterocycles. The molecule has 0 unspecified atom stereocenters. The number of ether oxygens (including phenoxy) is 1. The number of hydrogen-bond donors (Lipinski definition) is 1. The fourth-order valence-electron chi connectivity index (χ4n) is 1.52. The fourth-order valence-corrected chi connectivity index (χ4v) is 1.52. The van der Waals surface area contributed by atoms with E-state index < -0.39 is 0 Å². The van der Waals surface area contributed by atoms with Crippen LogP contribution in [0.25, 0.3) is 0 Å². The van der Waals surface area contributed by atoms with Gasteiger partial charge in [-0.25, -0.2) is 0 Å². The average molecular weight is 222 g/mol. The Bertz CT molecular complexity index is 343. The molecule has 0 saturated carbocycles. The second-order valence-corrected chi connectivity index (χ2v) is 3.75. The van der Waals surface area contributed by atoms with Crippen LogP contribution in [-0.2, 0) is 16.1 Å². The van der Waals surface area contributed by atoms with Crippen LogP contribution < -0.4 is 0 Å². The van der Waals surface area contributed by atoms with Gasteiger partial charge < -0.3 is 9.84 Å². The van der Waals surface area contributed by atoms with Gasteiger partial charge in [0, 0.05) is 5.56 Å². The van der Waals surface area contributed by atoms with E-state index in [0.29, 0.717) is 5.56 Å². The topological polar surface area (TPSA) is 46.5 Å². The van der Waals surface area contributed by atoms with Gasteiger partial charge in [-0.3, -0.25) is 4.79 Å². The van der Waals surface area contributed by atoms with Gasteiger partial charge in [-0.2, -0.15) is 0 Å². The molecule has 0 spiro atoms. The molecule has 0 radical (unpaired) electrons. The molecule has 0 fully saturated rings. The number of benzene rings is 1. The van der Waals surface area contributed by atoms with Gasteiger partial charge >= 0.3 is 5.97 Å². The summed E-state index contributed by atoms with van der Waals surface area (Å²) in [6.07, 6.45) is 1.58. The highest BCUT2D eigenvalue weighted by Crippen LogP contribution is 2.18. The molecule has 1 rings (SSSR count). The molecule has 0 atom stereocenters. The van der Waals surface area contributed by atoms with Crippen molar-refractivity contribution >= 4 is 5.97 Å². The normalized spacial score (nSPS) is 10.4. The maximum Gasteiger partial charge on any atom is 0.309 e. The van der Waals surface area contributed by atoms with Crippen molar-refractivity contribution in [2.24, 2.45) is 5.92 Å². The summed E-state index contributed by atoms with van der Waals surface area (Å²) in [5.41, 5.74) is 0.641. The van der Waals surface area contributed by atoms with Gasteiger partial charge in [0.25, 0.3) is 0 Å². The van der Waals surface area contributed by atoms with Gasteiger partial charge in [0.1, 0.15) is 12.4 Å². The highest BCUT2D eigenvalue weighted by molar-refractivity contribution is 5.72. The molecular weight excluding hydrogens is 204 g/mol. The number of carbonyl (C=O) groups is 1. The van der Waals surface area contributed by atoms with Crippen LogP contribution in [0.1, 0.15) is 32.3 Å². The van der Waals surface area contributed by atoms with Crippen molar-refractivity contribution < 1.29 is 14.6 Å². The lowest BCUT2D eigenvalue weighted by Gasteiger charge is -2.12. The van der Waals surface area contributed by atoms with Crippen molar-refractivity contribution in [2.45, 2.75) is 33.3 Å². The zero-order chi connectivity index (χ0) is 12.0. The Morgan fingerprint density at radius 1 is 1.31 bits per heavy atom. The maximum absolute atomic E-state index is 11.6. The first-order chi connectivity index (χ1) is 7.69. The van der Waals surface area contributed by atoms with Crippen LogP contribution in [0.15, 0.2) is 24.3 Å². The SMILES string of the molecule is CCC(CC)C(=O)OCc1ccccc1O. The molecule has 3 heteroatoms. The molecule has 3 nitrogen and oxygen atoms in total. The lowest BCUT2D eigenvalue weighted by Crippen LogP contribution is -2.16. The number of phenolic OH excluding ortho intramolecular Hbond substituents is 1. The quantitative estimate of drug-likeness (QED) is 0.779. The predicted molar refractivity (Wildman–Crippen MR) is 62.0 cm³/mol. The molecule has 0 amide bonds. The second-order valence-electron chi connectivity index (χ2n) is 3.75. The highest BCUT2D eigenvalue weighted by Gasteiger charge is 2.15. The van der Waals surface area contributed by atoms with Crippen LogP contribution in [0.4, 0.5) is 0 Å². The second kappa shape index (κ2) is 6.16. The Balaban J connectivity index is 2.52. The minimum Gasteiger partial charge on any atom is -0.508 e. The summed E-state index contributed by atoms with van der Waals surface area (Å²) in [5, 5.41) is 9.49. The van der Waals surface area contributed by atoms with Crippen molar-refractivity contribution in [2.75, 3.05) is 0 Å².